The lowest BCUT2D eigenvalue weighted by Crippen LogP contribution is -2.01. The lowest BCUT2D eigenvalue weighted by molar-refractivity contribution is 0.174. The van der Waals surface area contributed by atoms with E-state index >= 15 is 0 Å². The Bertz CT molecular complexity index is 198. The van der Waals surface area contributed by atoms with E-state index in [-0.39, 0.29) is 0 Å². The normalized spacial score (nSPS) is 28.0. The Labute approximate surface area is 66.5 Å². The van der Waals surface area contributed by atoms with Gasteiger partial charge in [-0.25, -0.2) is 0 Å². The summed E-state index contributed by atoms with van der Waals surface area (Å²) in [6, 6.07) is 0. The molecule has 2 rings (SSSR count). The highest BCUT2D eigenvalue weighted by Gasteiger charge is 2.23. The largest absolute Gasteiger partial charge is 0.487 e. The lowest BCUT2D eigenvalue weighted by atomic mass is 10.1. The van der Waals surface area contributed by atoms with Gasteiger partial charge in [0.15, 0.2) is 0 Å². The molecule has 0 amide bonds. The molecular formula is C9H12O2. The van der Waals surface area contributed by atoms with E-state index in [1.807, 2.05) is 6.08 Å². The third-order valence-electron chi connectivity index (χ3n) is 1.86. The van der Waals surface area contributed by atoms with E-state index in [2.05, 4.69) is 5.73 Å². The predicted octanol–water partition coefficient (Wildman–Crippen LogP) is 1.62. The molecule has 0 aromatic heterocycles. The molecule has 60 valence electrons. The zero-order valence-corrected chi connectivity index (χ0v) is 6.51. The molecule has 0 spiro atoms. The highest BCUT2D eigenvalue weighted by molar-refractivity contribution is 4.98. The van der Waals surface area contributed by atoms with Crippen molar-refractivity contribution in [2.75, 3.05) is 13.2 Å². The lowest BCUT2D eigenvalue weighted by Gasteiger charge is -2.08. The van der Waals surface area contributed by atoms with Gasteiger partial charge in [-0.1, -0.05) is 5.73 Å². The van der Waals surface area contributed by atoms with Crippen LogP contribution in [-0.2, 0) is 9.47 Å². The number of hydrogen-bond donors (Lipinski definition) is 0. The Hall–Kier alpha value is -0.720. The Kier molecular flexibility index (Phi) is 1.97. The smallest absolute Gasteiger partial charge is 0.138 e. The molecular weight excluding hydrogens is 140 g/mol. The van der Waals surface area contributed by atoms with Gasteiger partial charge in [0, 0.05) is 6.42 Å². The number of hydrogen-bond acceptors (Lipinski definition) is 2. The average Bonchev–Trinajstić information content (AvgIpc) is 2.86. The van der Waals surface area contributed by atoms with Gasteiger partial charge in [0.25, 0.3) is 0 Å². The number of ether oxygens (including phenoxy) is 2. The molecule has 2 aliphatic rings. The van der Waals surface area contributed by atoms with E-state index in [0.717, 1.165) is 31.8 Å². The van der Waals surface area contributed by atoms with Crippen molar-refractivity contribution in [2.45, 2.75) is 25.4 Å². The first-order valence-electron chi connectivity index (χ1n) is 4.13. The van der Waals surface area contributed by atoms with E-state index in [9.17, 15) is 0 Å². The van der Waals surface area contributed by atoms with Crippen molar-refractivity contribution in [3.05, 3.63) is 17.6 Å². The molecule has 1 aliphatic heterocycles. The van der Waals surface area contributed by atoms with Crippen LogP contribution in [0.5, 0.6) is 0 Å². The molecule has 1 heterocycles. The molecule has 11 heavy (non-hydrogen) atoms. The zero-order chi connectivity index (χ0) is 7.52. The third kappa shape index (κ3) is 2.11. The molecule has 0 radical (unpaired) electrons. The first kappa shape index (κ1) is 6.96. The van der Waals surface area contributed by atoms with E-state index in [0.29, 0.717) is 6.10 Å². The van der Waals surface area contributed by atoms with Gasteiger partial charge in [-0.05, 0) is 18.9 Å². The van der Waals surface area contributed by atoms with Crippen molar-refractivity contribution in [3.63, 3.8) is 0 Å². The van der Waals surface area contributed by atoms with Gasteiger partial charge >= 0.3 is 0 Å². The third-order valence-corrected chi connectivity index (χ3v) is 1.86. The number of epoxide rings is 1. The minimum absolute atomic E-state index is 0.367. The van der Waals surface area contributed by atoms with Crippen LogP contribution >= 0.6 is 0 Å². The van der Waals surface area contributed by atoms with Crippen LogP contribution in [0.3, 0.4) is 0 Å². The van der Waals surface area contributed by atoms with E-state index in [1.54, 1.807) is 0 Å². The van der Waals surface area contributed by atoms with Crippen molar-refractivity contribution in [1.82, 2.24) is 0 Å². The van der Waals surface area contributed by atoms with Crippen LogP contribution in [-0.4, -0.2) is 19.3 Å². The number of allylic oxidation sites excluding steroid dienone is 1. The maximum absolute atomic E-state index is 5.46. The summed E-state index contributed by atoms with van der Waals surface area (Å²) in [6.07, 6.45) is 5.81. The summed E-state index contributed by atoms with van der Waals surface area (Å²) in [6.45, 7) is 1.59. The molecule has 0 aromatic carbocycles. The molecule has 1 aliphatic carbocycles. The second-order valence-electron chi connectivity index (χ2n) is 2.93. The highest BCUT2D eigenvalue weighted by Crippen LogP contribution is 2.16. The van der Waals surface area contributed by atoms with Crippen molar-refractivity contribution in [1.29, 1.82) is 0 Å². The van der Waals surface area contributed by atoms with E-state index < -0.39 is 0 Å². The highest BCUT2D eigenvalue weighted by atomic mass is 16.6. The van der Waals surface area contributed by atoms with Crippen LogP contribution < -0.4 is 0 Å². The van der Waals surface area contributed by atoms with Gasteiger partial charge < -0.3 is 9.47 Å². The minimum atomic E-state index is 0.367. The second kappa shape index (κ2) is 3.12. The summed E-state index contributed by atoms with van der Waals surface area (Å²) in [7, 11) is 0. The molecule has 0 saturated carbocycles. The molecule has 0 N–H and O–H groups in total. The van der Waals surface area contributed by atoms with E-state index in [1.165, 1.54) is 6.42 Å². The van der Waals surface area contributed by atoms with Crippen molar-refractivity contribution >= 4 is 0 Å². The SMILES string of the molecule is C1=CCCCC=1OCC1CO1. The fourth-order valence-electron chi connectivity index (χ4n) is 1.09. The monoisotopic (exact) mass is 152 g/mol. The van der Waals surface area contributed by atoms with Crippen LogP contribution in [0.1, 0.15) is 19.3 Å². The van der Waals surface area contributed by atoms with Gasteiger partial charge in [-0.15, -0.1) is 0 Å². The second-order valence-corrected chi connectivity index (χ2v) is 2.93. The number of rotatable bonds is 3. The predicted molar refractivity (Wildman–Crippen MR) is 41.1 cm³/mol. The molecule has 2 heteroatoms. The molecule has 2 nitrogen and oxygen atoms in total. The van der Waals surface area contributed by atoms with Crippen molar-refractivity contribution < 1.29 is 9.47 Å². The quantitative estimate of drug-likeness (QED) is 0.453. The average molecular weight is 152 g/mol. The summed E-state index contributed by atoms with van der Waals surface area (Å²) in [5.41, 5.74) is 3.12. The molecule has 0 bridgehead atoms. The van der Waals surface area contributed by atoms with Crippen LogP contribution in [0.15, 0.2) is 17.6 Å². The first-order valence-corrected chi connectivity index (χ1v) is 4.13. The molecule has 0 aromatic rings. The molecule has 1 unspecified atom stereocenters. The van der Waals surface area contributed by atoms with Crippen LogP contribution in [0.4, 0.5) is 0 Å². The maximum atomic E-state index is 5.46. The molecule has 1 atom stereocenters. The van der Waals surface area contributed by atoms with Crippen LogP contribution in [0.25, 0.3) is 0 Å². The summed E-state index contributed by atoms with van der Waals surface area (Å²) in [5, 5.41) is 0. The zero-order valence-electron chi connectivity index (χ0n) is 6.51. The van der Waals surface area contributed by atoms with Crippen molar-refractivity contribution in [3.8, 4) is 0 Å². The summed E-state index contributed by atoms with van der Waals surface area (Å²) in [5.74, 6) is 1.01. The molecule has 1 fully saturated rings. The van der Waals surface area contributed by atoms with Gasteiger partial charge in [-0.2, -0.15) is 0 Å². The minimum Gasteiger partial charge on any atom is -0.487 e. The Morgan fingerprint density at radius 1 is 1.73 bits per heavy atom. The van der Waals surface area contributed by atoms with Gasteiger partial charge in [0.05, 0.1) is 6.61 Å². The Balaban J connectivity index is 1.78. The topological polar surface area (TPSA) is 21.8 Å². The van der Waals surface area contributed by atoms with Gasteiger partial charge in [0.2, 0.25) is 0 Å². The van der Waals surface area contributed by atoms with Gasteiger partial charge in [-0.3, -0.25) is 0 Å². The van der Waals surface area contributed by atoms with Crippen LogP contribution in [0, 0.1) is 0 Å². The van der Waals surface area contributed by atoms with Gasteiger partial charge in [0.1, 0.15) is 18.5 Å². The first-order chi connectivity index (χ1) is 5.45. The van der Waals surface area contributed by atoms with E-state index in [4.69, 9.17) is 9.47 Å². The Morgan fingerprint density at radius 2 is 2.64 bits per heavy atom. The fourth-order valence-corrected chi connectivity index (χ4v) is 1.09. The standard InChI is InChI=1S/C9H12O2/c1-2-4-8(5-3-1)10-6-9-7-11-9/h2,9H,1,3,5-7H2. The van der Waals surface area contributed by atoms with Crippen molar-refractivity contribution in [2.24, 2.45) is 0 Å². The summed E-state index contributed by atoms with van der Waals surface area (Å²) >= 11 is 0. The summed E-state index contributed by atoms with van der Waals surface area (Å²) in [4.78, 5) is 0. The fraction of sp³-hybridized carbons (Fsp3) is 0.667. The molecule has 1 saturated heterocycles. The maximum Gasteiger partial charge on any atom is 0.138 e. The Morgan fingerprint density at radius 3 is 3.27 bits per heavy atom. The van der Waals surface area contributed by atoms with Crippen LogP contribution in [0.2, 0.25) is 0 Å². The summed E-state index contributed by atoms with van der Waals surface area (Å²) < 4.78 is 10.5.